The summed E-state index contributed by atoms with van der Waals surface area (Å²) in [5.74, 6) is -1.10. The molecule has 0 aliphatic heterocycles. The molecule has 0 radical (unpaired) electrons. The maximum absolute atomic E-state index is 12.3. The van der Waals surface area contributed by atoms with Gasteiger partial charge in [0, 0.05) is 0 Å². The first kappa shape index (κ1) is 15.9. The summed E-state index contributed by atoms with van der Waals surface area (Å²) in [5, 5.41) is 0. The largest absolute Gasteiger partial charge is 0.466 e. The van der Waals surface area contributed by atoms with Crippen molar-refractivity contribution in [3.63, 3.8) is 0 Å². The van der Waals surface area contributed by atoms with Crippen LogP contribution in [0.4, 0.5) is 13.2 Å². The summed E-state index contributed by atoms with van der Waals surface area (Å²) in [7, 11) is 0. The third-order valence-electron chi connectivity index (χ3n) is 2.32. The number of rotatable bonds is 5. The quantitative estimate of drug-likeness (QED) is 0.474. The molecule has 0 atom stereocenters. The van der Waals surface area contributed by atoms with Gasteiger partial charge in [-0.1, -0.05) is 18.2 Å². The predicted molar refractivity (Wildman–Crippen MR) is 66.7 cm³/mol. The van der Waals surface area contributed by atoms with Crippen LogP contribution in [0.25, 0.3) is 6.08 Å². The van der Waals surface area contributed by atoms with Crippen LogP contribution >= 0.6 is 0 Å². The van der Waals surface area contributed by atoms with Gasteiger partial charge in [0.2, 0.25) is 0 Å². The Labute approximate surface area is 114 Å². The molecule has 108 valence electrons. The van der Waals surface area contributed by atoms with Gasteiger partial charge in [-0.05, 0) is 30.7 Å². The van der Waals surface area contributed by atoms with Crippen LogP contribution in [0.3, 0.4) is 0 Å². The fraction of sp³-hybridized carbons (Fsp3) is 0.286. The van der Waals surface area contributed by atoms with Crippen LogP contribution in [-0.2, 0) is 20.5 Å². The van der Waals surface area contributed by atoms with Gasteiger partial charge in [-0.15, -0.1) is 0 Å². The number of hydrogen-bond donors (Lipinski definition) is 0. The van der Waals surface area contributed by atoms with E-state index in [2.05, 4.69) is 4.74 Å². The lowest BCUT2D eigenvalue weighted by Crippen LogP contribution is -2.09. The Morgan fingerprint density at radius 2 is 1.80 bits per heavy atom. The van der Waals surface area contributed by atoms with Gasteiger partial charge < -0.3 is 4.74 Å². The summed E-state index contributed by atoms with van der Waals surface area (Å²) in [4.78, 5) is 22.4. The molecule has 1 aromatic carbocycles. The summed E-state index contributed by atoms with van der Waals surface area (Å²) in [5.41, 5.74) is -0.317. The number of esters is 1. The van der Waals surface area contributed by atoms with Gasteiger partial charge in [0.15, 0.2) is 5.78 Å². The third kappa shape index (κ3) is 5.26. The van der Waals surface area contributed by atoms with E-state index in [0.29, 0.717) is 5.56 Å². The first-order valence-corrected chi connectivity index (χ1v) is 5.86. The van der Waals surface area contributed by atoms with Gasteiger partial charge in [-0.3, -0.25) is 9.59 Å². The van der Waals surface area contributed by atoms with Crippen molar-refractivity contribution in [2.24, 2.45) is 0 Å². The Morgan fingerprint density at radius 3 is 2.30 bits per heavy atom. The Bertz CT molecular complexity index is 501. The van der Waals surface area contributed by atoms with Crippen molar-refractivity contribution < 1.29 is 27.5 Å². The van der Waals surface area contributed by atoms with E-state index in [-0.39, 0.29) is 13.0 Å². The normalized spacial score (nSPS) is 11.6. The Hall–Kier alpha value is -2.11. The molecular weight excluding hydrogens is 273 g/mol. The zero-order chi connectivity index (χ0) is 15.2. The van der Waals surface area contributed by atoms with E-state index in [0.717, 1.165) is 18.2 Å². The van der Waals surface area contributed by atoms with Gasteiger partial charge in [0.05, 0.1) is 12.2 Å². The summed E-state index contributed by atoms with van der Waals surface area (Å²) in [6, 6.07) is 4.35. The SMILES string of the molecule is CCOC(=O)CC(=O)C=Cc1ccc(C(F)(F)F)cc1. The number of alkyl halides is 3. The molecule has 0 aliphatic rings. The summed E-state index contributed by atoms with van der Waals surface area (Å²) in [6.07, 6.45) is -2.28. The lowest BCUT2D eigenvalue weighted by molar-refractivity contribution is -0.144. The standard InChI is InChI=1S/C14H13F3O3/c1-2-20-13(19)9-12(18)8-5-10-3-6-11(7-4-10)14(15,16)17/h3-8H,2,9H2,1H3. The highest BCUT2D eigenvalue weighted by atomic mass is 19.4. The maximum atomic E-state index is 12.3. The maximum Gasteiger partial charge on any atom is 0.416 e. The molecule has 0 N–H and O–H groups in total. The predicted octanol–water partition coefficient (Wildman–Crippen LogP) is 3.24. The second-order valence-corrected chi connectivity index (χ2v) is 3.90. The Balaban J connectivity index is 2.62. The number of halogens is 3. The molecule has 0 saturated heterocycles. The van der Waals surface area contributed by atoms with Gasteiger partial charge in [0.1, 0.15) is 6.42 Å². The number of ether oxygens (including phenoxy) is 1. The molecule has 0 heterocycles. The molecule has 0 fully saturated rings. The molecule has 0 saturated carbocycles. The summed E-state index contributed by atoms with van der Waals surface area (Å²) in [6.45, 7) is 1.81. The molecule has 0 bridgehead atoms. The van der Waals surface area contributed by atoms with Crippen molar-refractivity contribution in [1.82, 2.24) is 0 Å². The van der Waals surface area contributed by atoms with E-state index >= 15 is 0 Å². The zero-order valence-corrected chi connectivity index (χ0v) is 10.7. The average molecular weight is 286 g/mol. The highest BCUT2D eigenvalue weighted by Gasteiger charge is 2.29. The number of benzene rings is 1. The molecule has 1 aromatic rings. The van der Waals surface area contributed by atoms with E-state index in [1.165, 1.54) is 18.2 Å². The molecule has 6 heteroatoms. The van der Waals surface area contributed by atoms with Gasteiger partial charge in [0.25, 0.3) is 0 Å². The number of ketones is 1. The molecule has 0 aromatic heterocycles. The monoisotopic (exact) mass is 286 g/mol. The van der Waals surface area contributed by atoms with Crippen LogP contribution in [0.2, 0.25) is 0 Å². The molecule has 0 unspecified atom stereocenters. The minimum atomic E-state index is -4.39. The second kappa shape index (κ2) is 6.88. The van der Waals surface area contributed by atoms with Crippen molar-refractivity contribution in [2.75, 3.05) is 6.61 Å². The zero-order valence-electron chi connectivity index (χ0n) is 10.7. The van der Waals surface area contributed by atoms with Gasteiger partial charge in [-0.25, -0.2) is 0 Å². The lowest BCUT2D eigenvalue weighted by atomic mass is 10.1. The van der Waals surface area contributed by atoms with Crippen molar-refractivity contribution in [2.45, 2.75) is 19.5 Å². The molecule has 1 rings (SSSR count). The minimum Gasteiger partial charge on any atom is -0.466 e. The van der Waals surface area contributed by atoms with E-state index in [1.54, 1.807) is 6.92 Å². The molecule has 0 amide bonds. The van der Waals surface area contributed by atoms with E-state index in [4.69, 9.17) is 0 Å². The number of allylic oxidation sites excluding steroid dienone is 1. The topological polar surface area (TPSA) is 43.4 Å². The van der Waals surface area contributed by atoms with Crippen LogP contribution in [-0.4, -0.2) is 18.4 Å². The summed E-state index contributed by atoms with van der Waals surface area (Å²) < 4.78 is 41.6. The first-order chi connectivity index (χ1) is 9.32. The lowest BCUT2D eigenvalue weighted by Gasteiger charge is -2.05. The Morgan fingerprint density at radius 1 is 1.20 bits per heavy atom. The number of hydrogen-bond acceptors (Lipinski definition) is 3. The van der Waals surface area contributed by atoms with E-state index in [1.807, 2.05) is 0 Å². The summed E-state index contributed by atoms with van der Waals surface area (Å²) >= 11 is 0. The van der Waals surface area contributed by atoms with Crippen LogP contribution in [0, 0.1) is 0 Å². The van der Waals surface area contributed by atoms with Crippen LogP contribution in [0.5, 0.6) is 0 Å². The van der Waals surface area contributed by atoms with Crippen LogP contribution in [0.1, 0.15) is 24.5 Å². The van der Waals surface area contributed by atoms with Crippen LogP contribution < -0.4 is 0 Å². The number of carbonyl (C=O) groups excluding carboxylic acids is 2. The fourth-order valence-corrected chi connectivity index (χ4v) is 1.39. The highest BCUT2D eigenvalue weighted by molar-refractivity contribution is 6.03. The molecule has 0 aliphatic carbocycles. The first-order valence-electron chi connectivity index (χ1n) is 5.86. The van der Waals surface area contributed by atoms with Crippen molar-refractivity contribution >= 4 is 17.8 Å². The van der Waals surface area contributed by atoms with Crippen molar-refractivity contribution in [1.29, 1.82) is 0 Å². The number of carbonyl (C=O) groups is 2. The van der Waals surface area contributed by atoms with Crippen LogP contribution in [0.15, 0.2) is 30.3 Å². The molecule has 3 nitrogen and oxygen atoms in total. The van der Waals surface area contributed by atoms with Gasteiger partial charge in [-0.2, -0.15) is 13.2 Å². The third-order valence-corrected chi connectivity index (χ3v) is 2.32. The minimum absolute atomic E-state index is 0.189. The smallest absolute Gasteiger partial charge is 0.416 e. The van der Waals surface area contributed by atoms with E-state index in [9.17, 15) is 22.8 Å². The van der Waals surface area contributed by atoms with Crippen molar-refractivity contribution in [3.8, 4) is 0 Å². The Kier molecular flexibility index (Phi) is 5.49. The van der Waals surface area contributed by atoms with Gasteiger partial charge >= 0.3 is 12.1 Å². The average Bonchev–Trinajstić information content (AvgIpc) is 2.36. The molecule has 20 heavy (non-hydrogen) atoms. The fourth-order valence-electron chi connectivity index (χ4n) is 1.39. The van der Waals surface area contributed by atoms with Crippen molar-refractivity contribution in [3.05, 3.63) is 41.5 Å². The highest BCUT2D eigenvalue weighted by Crippen LogP contribution is 2.29. The molecule has 0 spiro atoms. The second-order valence-electron chi connectivity index (χ2n) is 3.90. The van der Waals surface area contributed by atoms with E-state index < -0.39 is 23.5 Å². The molecular formula is C14H13F3O3.